The molecule has 0 saturated carbocycles. The second-order valence-electron chi connectivity index (χ2n) is 5.93. The Bertz CT molecular complexity index is 704. The minimum Gasteiger partial charge on any atom is -0.368 e. The zero-order chi connectivity index (χ0) is 16.4. The third-order valence-corrected chi connectivity index (χ3v) is 4.43. The average molecular weight is 333 g/mol. The van der Waals surface area contributed by atoms with Gasteiger partial charge in [-0.05, 0) is 38.1 Å². The van der Waals surface area contributed by atoms with Crippen molar-refractivity contribution >= 4 is 23.2 Å². The van der Waals surface area contributed by atoms with E-state index in [1.807, 2.05) is 43.0 Å². The lowest BCUT2D eigenvalue weighted by atomic mass is 10.2. The number of carbonyl (C=O) groups is 1. The molecule has 1 aromatic heterocycles. The van der Waals surface area contributed by atoms with Crippen molar-refractivity contribution in [3.63, 3.8) is 0 Å². The van der Waals surface area contributed by atoms with Gasteiger partial charge in [0.1, 0.15) is 6.54 Å². The van der Waals surface area contributed by atoms with Crippen LogP contribution in [0.15, 0.2) is 30.3 Å². The molecule has 3 rings (SSSR count). The molecule has 122 valence electrons. The molecule has 0 aliphatic carbocycles. The summed E-state index contributed by atoms with van der Waals surface area (Å²) >= 11 is 6.05. The minimum absolute atomic E-state index is 0.127. The van der Waals surface area contributed by atoms with Crippen molar-refractivity contribution in [2.45, 2.75) is 20.4 Å². The highest BCUT2D eigenvalue weighted by Crippen LogP contribution is 2.20. The fourth-order valence-electron chi connectivity index (χ4n) is 2.95. The molecule has 0 spiro atoms. The molecule has 1 amide bonds. The van der Waals surface area contributed by atoms with Crippen molar-refractivity contribution in [3.8, 4) is 0 Å². The first-order chi connectivity index (χ1) is 11.0. The highest BCUT2D eigenvalue weighted by molar-refractivity contribution is 6.30. The van der Waals surface area contributed by atoms with Crippen LogP contribution in [0.5, 0.6) is 0 Å². The van der Waals surface area contributed by atoms with Crippen LogP contribution in [0.1, 0.15) is 11.4 Å². The summed E-state index contributed by atoms with van der Waals surface area (Å²) in [6.45, 7) is 7.33. The molecule has 0 atom stereocenters. The van der Waals surface area contributed by atoms with Crippen LogP contribution in [0, 0.1) is 13.8 Å². The van der Waals surface area contributed by atoms with Gasteiger partial charge in [0.2, 0.25) is 5.91 Å². The van der Waals surface area contributed by atoms with E-state index in [1.165, 1.54) is 0 Å². The molecule has 0 unspecified atom stereocenters. The highest BCUT2D eigenvalue weighted by atomic mass is 35.5. The number of hydrogen-bond acceptors (Lipinski definition) is 3. The molecule has 6 heteroatoms. The van der Waals surface area contributed by atoms with Crippen LogP contribution in [0.4, 0.5) is 5.69 Å². The second kappa shape index (κ2) is 6.62. The molecule has 2 aromatic rings. The van der Waals surface area contributed by atoms with Crippen molar-refractivity contribution < 1.29 is 4.79 Å². The van der Waals surface area contributed by atoms with E-state index in [-0.39, 0.29) is 5.91 Å². The zero-order valence-corrected chi connectivity index (χ0v) is 14.3. The number of aryl methyl sites for hydroxylation is 2. The van der Waals surface area contributed by atoms with Crippen LogP contribution in [-0.2, 0) is 11.3 Å². The number of aromatic nitrogens is 2. The Balaban J connectivity index is 1.58. The molecular formula is C17H21ClN4O. The molecule has 1 aromatic carbocycles. The topological polar surface area (TPSA) is 41.4 Å². The van der Waals surface area contributed by atoms with Gasteiger partial charge < -0.3 is 9.80 Å². The number of rotatable bonds is 3. The highest BCUT2D eigenvalue weighted by Gasteiger charge is 2.22. The molecule has 23 heavy (non-hydrogen) atoms. The van der Waals surface area contributed by atoms with Crippen molar-refractivity contribution in [2.24, 2.45) is 0 Å². The Hall–Kier alpha value is -2.01. The summed E-state index contributed by atoms with van der Waals surface area (Å²) < 4.78 is 1.78. The maximum absolute atomic E-state index is 12.5. The number of amides is 1. The molecule has 1 saturated heterocycles. The van der Waals surface area contributed by atoms with Gasteiger partial charge in [0.25, 0.3) is 0 Å². The number of anilines is 1. The fraction of sp³-hybridized carbons (Fsp3) is 0.412. The number of hydrogen-bond donors (Lipinski definition) is 0. The molecule has 1 fully saturated rings. The summed E-state index contributed by atoms with van der Waals surface area (Å²) in [5.74, 6) is 0.127. The van der Waals surface area contributed by atoms with Crippen molar-refractivity contribution in [1.29, 1.82) is 0 Å². The lowest BCUT2D eigenvalue weighted by Gasteiger charge is -2.36. The fourth-order valence-corrected chi connectivity index (χ4v) is 3.13. The molecule has 1 aliphatic rings. The lowest BCUT2D eigenvalue weighted by Crippen LogP contribution is -2.49. The van der Waals surface area contributed by atoms with Gasteiger partial charge in [0.15, 0.2) is 0 Å². The van der Waals surface area contributed by atoms with Gasteiger partial charge >= 0.3 is 0 Å². The van der Waals surface area contributed by atoms with Crippen molar-refractivity contribution in [2.75, 3.05) is 31.1 Å². The Labute approximate surface area is 141 Å². The smallest absolute Gasteiger partial charge is 0.244 e. The maximum atomic E-state index is 12.5. The second-order valence-corrected chi connectivity index (χ2v) is 6.37. The summed E-state index contributed by atoms with van der Waals surface area (Å²) in [5.41, 5.74) is 3.08. The predicted octanol–water partition coefficient (Wildman–Crippen LogP) is 2.50. The van der Waals surface area contributed by atoms with Gasteiger partial charge in [0, 0.05) is 42.6 Å². The van der Waals surface area contributed by atoms with Gasteiger partial charge in [-0.2, -0.15) is 5.10 Å². The van der Waals surface area contributed by atoms with Gasteiger partial charge in [-0.25, -0.2) is 0 Å². The average Bonchev–Trinajstić information content (AvgIpc) is 2.85. The van der Waals surface area contributed by atoms with Crippen molar-refractivity contribution in [1.82, 2.24) is 14.7 Å². The van der Waals surface area contributed by atoms with E-state index < -0.39 is 0 Å². The molecular weight excluding hydrogens is 312 g/mol. The van der Waals surface area contributed by atoms with Crippen LogP contribution >= 0.6 is 11.6 Å². The Kier molecular flexibility index (Phi) is 4.57. The standard InChI is InChI=1S/C17H21ClN4O/c1-13-10-14(2)22(19-13)12-17(23)21-8-6-20(7-9-21)16-5-3-4-15(18)11-16/h3-5,10-11H,6-9,12H2,1-2H3. The first-order valence-electron chi connectivity index (χ1n) is 7.82. The van der Waals surface area contributed by atoms with E-state index in [4.69, 9.17) is 11.6 Å². The number of nitrogens with zero attached hydrogens (tertiary/aromatic N) is 4. The Morgan fingerprint density at radius 2 is 1.91 bits per heavy atom. The van der Waals surface area contributed by atoms with Gasteiger partial charge in [-0.15, -0.1) is 0 Å². The van der Waals surface area contributed by atoms with E-state index >= 15 is 0 Å². The van der Waals surface area contributed by atoms with Gasteiger partial charge in [0.05, 0.1) is 5.69 Å². The first kappa shape index (κ1) is 15.9. The van der Waals surface area contributed by atoms with E-state index in [1.54, 1.807) is 4.68 Å². The predicted molar refractivity (Wildman–Crippen MR) is 91.9 cm³/mol. The third kappa shape index (κ3) is 3.67. The number of halogens is 1. The maximum Gasteiger partial charge on any atom is 0.244 e. The van der Waals surface area contributed by atoms with E-state index in [9.17, 15) is 4.79 Å². The largest absolute Gasteiger partial charge is 0.368 e. The quantitative estimate of drug-likeness (QED) is 0.867. The summed E-state index contributed by atoms with van der Waals surface area (Å²) in [7, 11) is 0. The molecule has 0 bridgehead atoms. The monoisotopic (exact) mass is 332 g/mol. The van der Waals surface area contributed by atoms with E-state index in [2.05, 4.69) is 16.1 Å². The van der Waals surface area contributed by atoms with Crippen LogP contribution in [0.3, 0.4) is 0 Å². The molecule has 2 heterocycles. The molecule has 5 nitrogen and oxygen atoms in total. The minimum atomic E-state index is 0.127. The van der Waals surface area contributed by atoms with E-state index in [0.29, 0.717) is 6.54 Å². The molecule has 1 aliphatic heterocycles. The summed E-state index contributed by atoms with van der Waals surface area (Å²) in [5, 5.41) is 5.10. The lowest BCUT2D eigenvalue weighted by molar-refractivity contribution is -0.132. The molecule has 0 N–H and O–H groups in total. The van der Waals surface area contributed by atoms with Crippen LogP contribution < -0.4 is 4.90 Å². The van der Waals surface area contributed by atoms with Crippen LogP contribution in [0.2, 0.25) is 5.02 Å². The number of benzene rings is 1. The summed E-state index contributed by atoms with van der Waals surface area (Å²) in [6, 6.07) is 9.84. The van der Waals surface area contributed by atoms with E-state index in [0.717, 1.165) is 48.3 Å². The summed E-state index contributed by atoms with van der Waals surface area (Å²) in [6.07, 6.45) is 0. The molecule has 0 radical (unpaired) electrons. The zero-order valence-electron chi connectivity index (χ0n) is 13.5. The van der Waals surface area contributed by atoms with Crippen LogP contribution in [-0.4, -0.2) is 46.8 Å². The summed E-state index contributed by atoms with van der Waals surface area (Å²) in [4.78, 5) is 16.6. The Morgan fingerprint density at radius 3 is 2.52 bits per heavy atom. The Morgan fingerprint density at radius 1 is 1.17 bits per heavy atom. The number of carbonyl (C=O) groups excluding carboxylic acids is 1. The first-order valence-corrected chi connectivity index (χ1v) is 8.20. The van der Waals surface area contributed by atoms with Gasteiger partial charge in [-0.1, -0.05) is 17.7 Å². The number of piperazine rings is 1. The van der Waals surface area contributed by atoms with Crippen LogP contribution in [0.25, 0.3) is 0 Å². The SMILES string of the molecule is Cc1cc(C)n(CC(=O)N2CCN(c3cccc(Cl)c3)CC2)n1. The van der Waals surface area contributed by atoms with Crippen molar-refractivity contribution in [3.05, 3.63) is 46.7 Å². The normalized spacial score (nSPS) is 15.1. The third-order valence-electron chi connectivity index (χ3n) is 4.19. The van der Waals surface area contributed by atoms with Gasteiger partial charge in [-0.3, -0.25) is 9.48 Å².